The molecule has 2 heterocycles. The van der Waals surface area contributed by atoms with Crippen molar-refractivity contribution in [3.63, 3.8) is 0 Å². The molecule has 1 N–H and O–H groups in total. The van der Waals surface area contributed by atoms with Crippen LogP contribution in [0.25, 0.3) is 0 Å². The van der Waals surface area contributed by atoms with E-state index in [4.69, 9.17) is 16.3 Å². The summed E-state index contributed by atoms with van der Waals surface area (Å²) in [4.78, 5) is 19.8. The van der Waals surface area contributed by atoms with Crippen molar-refractivity contribution in [1.82, 2.24) is 14.6 Å². The van der Waals surface area contributed by atoms with E-state index in [0.717, 1.165) is 29.8 Å². The maximum Gasteiger partial charge on any atom is 0.410 e. The standard InChI is InChI=1S/C19H30ClN3O3S2/c1-17(2,3)26-16(24)23-9-7-19(8-10-23)11-12-13(27-15(20)21-12)14(19)22-28(25)18(4,5)6/h14,22H,7-11H2,1-6H3/t14-,28-/m0/s1. The molecule has 0 saturated carbocycles. The van der Waals surface area contributed by atoms with Crippen molar-refractivity contribution in [2.75, 3.05) is 13.1 Å². The Labute approximate surface area is 179 Å². The fourth-order valence-corrected chi connectivity index (χ4v) is 6.15. The van der Waals surface area contributed by atoms with Crippen LogP contribution < -0.4 is 4.72 Å². The largest absolute Gasteiger partial charge is 0.598 e. The molecule has 28 heavy (non-hydrogen) atoms. The molecular weight excluding hydrogens is 418 g/mol. The van der Waals surface area contributed by atoms with Gasteiger partial charge in [-0.3, -0.25) is 0 Å². The predicted octanol–water partition coefficient (Wildman–Crippen LogP) is 4.46. The van der Waals surface area contributed by atoms with Crippen LogP contribution in [0.5, 0.6) is 0 Å². The molecule has 0 unspecified atom stereocenters. The van der Waals surface area contributed by atoms with Gasteiger partial charge in [0.15, 0.2) is 4.47 Å². The van der Waals surface area contributed by atoms with Crippen LogP contribution in [0.1, 0.15) is 71.0 Å². The molecule has 0 aromatic carbocycles. The number of halogens is 1. The Balaban J connectivity index is 1.77. The van der Waals surface area contributed by atoms with Gasteiger partial charge < -0.3 is 14.2 Å². The summed E-state index contributed by atoms with van der Waals surface area (Å²) in [5.41, 5.74) is 0.403. The van der Waals surface area contributed by atoms with Crippen LogP contribution in [0.2, 0.25) is 4.47 Å². The number of likely N-dealkylation sites (tertiary alicyclic amines) is 1. The lowest BCUT2D eigenvalue weighted by molar-refractivity contribution is 0.00718. The predicted molar refractivity (Wildman–Crippen MR) is 114 cm³/mol. The third kappa shape index (κ3) is 4.61. The van der Waals surface area contributed by atoms with Crippen molar-refractivity contribution in [2.45, 2.75) is 77.2 Å². The maximum atomic E-state index is 12.9. The molecule has 2 aliphatic rings. The van der Waals surface area contributed by atoms with Gasteiger partial charge >= 0.3 is 6.09 Å². The number of thiazole rings is 1. The van der Waals surface area contributed by atoms with Crippen LogP contribution in [0.4, 0.5) is 4.79 Å². The van der Waals surface area contributed by atoms with Crippen LogP contribution in [-0.2, 0) is 22.5 Å². The number of carbonyl (C=O) groups is 1. The molecule has 3 rings (SSSR count). The molecule has 1 aromatic heterocycles. The van der Waals surface area contributed by atoms with Crippen molar-refractivity contribution < 1.29 is 14.1 Å². The van der Waals surface area contributed by atoms with Gasteiger partial charge in [-0.15, -0.1) is 16.1 Å². The smallest absolute Gasteiger partial charge is 0.410 e. The first-order valence-electron chi connectivity index (χ1n) is 9.62. The van der Waals surface area contributed by atoms with Crippen LogP contribution in [0.15, 0.2) is 0 Å². The number of piperidine rings is 1. The number of nitrogens with one attached hydrogen (secondary N) is 1. The van der Waals surface area contributed by atoms with Crippen molar-refractivity contribution in [3.8, 4) is 0 Å². The Morgan fingerprint density at radius 2 is 1.93 bits per heavy atom. The molecule has 1 aliphatic heterocycles. The monoisotopic (exact) mass is 447 g/mol. The van der Waals surface area contributed by atoms with Crippen molar-refractivity contribution in [3.05, 3.63) is 15.0 Å². The van der Waals surface area contributed by atoms with Crippen molar-refractivity contribution in [2.24, 2.45) is 5.41 Å². The Morgan fingerprint density at radius 1 is 1.32 bits per heavy atom. The number of hydrogen-bond acceptors (Lipinski definition) is 6. The lowest BCUT2D eigenvalue weighted by atomic mass is 9.74. The highest BCUT2D eigenvalue weighted by molar-refractivity contribution is 7.90. The molecule has 1 aromatic rings. The summed E-state index contributed by atoms with van der Waals surface area (Å²) in [7, 11) is 0. The van der Waals surface area contributed by atoms with Crippen LogP contribution in [0.3, 0.4) is 0 Å². The normalized spacial score (nSPS) is 23.0. The van der Waals surface area contributed by atoms with Gasteiger partial charge in [0, 0.05) is 29.9 Å². The lowest BCUT2D eigenvalue weighted by Gasteiger charge is -2.43. The van der Waals surface area contributed by atoms with E-state index >= 15 is 0 Å². The zero-order valence-corrected chi connectivity index (χ0v) is 19.8. The molecule has 2 atom stereocenters. The Hall–Kier alpha value is -0.540. The van der Waals surface area contributed by atoms with Gasteiger partial charge in [-0.1, -0.05) is 11.6 Å². The van der Waals surface area contributed by atoms with Crippen LogP contribution in [-0.4, -0.2) is 44.0 Å². The fourth-order valence-electron chi connectivity index (χ4n) is 3.79. The molecule has 6 nitrogen and oxygen atoms in total. The molecule has 1 spiro atoms. The molecule has 1 aliphatic carbocycles. The lowest BCUT2D eigenvalue weighted by Crippen LogP contribution is -2.51. The summed E-state index contributed by atoms with van der Waals surface area (Å²) in [6, 6.07) is -0.0617. The summed E-state index contributed by atoms with van der Waals surface area (Å²) >= 11 is 6.43. The van der Waals surface area contributed by atoms with E-state index < -0.39 is 17.0 Å². The van der Waals surface area contributed by atoms with Gasteiger partial charge in [0.25, 0.3) is 0 Å². The molecule has 1 saturated heterocycles. The highest BCUT2D eigenvalue weighted by Gasteiger charge is 2.53. The number of aromatic nitrogens is 1. The van der Waals surface area contributed by atoms with Gasteiger partial charge in [-0.05, 0) is 60.8 Å². The second-order valence-electron chi connectivity index (χ2n) is 9.72. The average Bonchev–Trinajstić information content (AvgIpc) is 3.00. The molecule has 0 radical (unpaired) electrons. The van der Waals surface area contributed by atoms with E-state index in [1.54, 1.807) is 4.90 Å². The molecular formula is C19H30ClN3O3S2. The first kappa shape index (κ1) is 22.2. The van der Waals surface area contributed by atoms with Gasteiger partial charge in [0.1, 0.15) is 10.3 Å². The minimum Gasteiger partial charge on any atom is -0.598 e. The first-order valence-corrected chi connectivity index (χ1v) is 12.0. The number of amides is 1. The fraction of sp³-hybridized carbons (Fsp3) is 0.789. The summed E-state index contributed by atoms with van der Waals surface area (Å²) in [5, 5.41) is 0. The third-order valence-corrected chi connectivity index (χ3v) is 8.12. The van der Waals surface area contributed by atoms with Gasteiger partial charge in [0.2, 0.25) is 0 Å². The summed E-state index contributed by atoms with van der Waals surface area (Å²) in [6.07, 6.45) is 2.16. The summed E-state index contributed by atoms with van der Waals surface area (Å²) in [6.45, 7) is 12.8. The van der Waals surface area contributed by atoms with E-state index in [-0.39, 0.29) is 22.3 Å². The summed E-state index contributed by atoms with van der Waals surface area (Å²) in [5.74, 6) is 0. The molecule has 9 heteroatoms. The molecule has 158 valence electrons. The SMILES string of the molecule is CC(C)(C)OC(=O)N1CCC2(CC1)Cc1nc(Cl)sc1[C@@H]2N[S@@+]([O-])C(C)(C)C. The van der Waals surface area contributed by atoms with Crippen molar-refractivity contribution in [1.29, 1.82) is 0 Å². The highest BCUT2D eigenvalue weighted by Crippen LogP contribution is 2.54. The number of fused-ring (bicyclic) bond motifs is 1. The Kier molecular flexibility index (Phi) is 6.02. The Morgan fingerprint density at radius 3 is 2.46 bits per heavy atom. The van der Waals surface area contributed by atoms with Crippen molar-refractivity contribution >= 4 is 40.4 Å². The van der Waals surface area contributed by atoms with E-state index in [9.17, 15) is 9.35 Å². The van der Waals surface area contributed by atoms with Gasteiger partial charge in [-0.2, -0.15) is 0 Å². The number of carbonyl (C=O) groups excluding carboxylic acids is 1. The highest BCUT2D eigenvalue weighted by atomic mass is 35.5. The molecule has 1 amide bonds. The second-order valence-corrected chi connectivity index (χ2v) is 13.3. The zero-order valence-electron chi connectivity index (χ0n) is 17.4. The van der Waals surface area contributed by atoms with E-state index in [1.165, 1.54) is 11.3 Å². The second kappa shape index (κ2) is 7.61. The van der Waals surface area contributed by atoms with Crippen LogP contribution in [0, 0.1) is 5.41 Å². The minimum atomic E-state index is -1.20. The maximum absolute atomic E-state index is 12.9. The number of rotatable bonds is 2. The van der Waals surface area contributed by atoms with Gasteiger partial charge in [0.05, 0.1) is 16.6 Å². The first-order chi connectivity index (χ1) is 12.8. The zero-order chi connectivity index (χ0) is 20.9. The third-order valence-electron chi connectivity index (χ3n) is 5.29. The average molecular weight is 448 g/mol. The Bertz CT molecular complexity index is 734. The minimum absolute atomic E-state index is 0.0617. The van der Waals surface area contributed by atoms with Gasteiger partial charge in [-0.25, -0.2) is 9.78 Å². The summed E-state index contributed by atoms with van der Waals surface area (Å²) < 4.78 is 21.9. The topological polar surface area (TPSA) is 77.5 Å². The quantitative estimate of drug-likeness (QED) is 0.677. The van der Waals surface area contributed by atoms with E-state index in [0.29, 0.717) is 17.6 Å². The number of hydrogen-bond donors (Lipinski definition) is 1. The molecule has 1 fully saturated rings. The van der Waals surface area contributed by atoms with E-state index in [1.807, 2.05) is 41.5 Å². The molecule has 0 bridgehead atoms. The number of ether oxygens (including phenoxy) is 1. The number of nitrogens with zero attached hydrogens (tertiary/aromatic N) is 2. The van der Waals surface area contributed by atoms with E-state index in [2.05, 4.69) is 9.71 Å². The van der Waals surface area contributed by atoms with Crippen LogP contribution >= 0.6 is 22.9 Å².